The number of benzene rings is 1. The fourth-order valence-electron chi connectivity index (χ4n) is 2.12. The number of para-hydroxylation sites is 1. The van der Waals surface area contributed by atoms with E-state index in [1.165, 1.54) is 16.7 Å². The number of imidazole rings is 1. The number of aryl methyl sites for hydroxylation is 1. The lowest BCUT2D eigenvalue weighted by molar-refractivity contribution is -0.137. The second kappa shape index (κ2) is 4.54. The first kappa shape index (κ1) is 13.0. The lowest BCUT2D eigenvalue weighted by atomic mass is 10.1. The molecule has 3 nitrogen and oxygen atoms in total. The van der Waals surface area contributed by atoms with E-state index in [4.69, 9.17) is 0 Å². The molecule has 0 saturated heterocycles. The third kappa shape index (κ3) is 2.50. The van der Waals surface area contributed by atoms with E-state index in [9.17, 15) is 13.2 Å². The van der Waals surface area contributed by atoms with Gasteiger partial charge in [-0.05, 0) is 31.9 Å². The summed E-state index contributed by atoms with van der Waals surface area (Å²) in [5, 5.41) is 3.17. The van der Waals surface area contributed by atoms with Crippen molar-refractivity contribution in [2.45, 2.75) is 32.0 Å². The molecule has 1 aliphatic carbocycles. The van der Waals surface area contributed by atoms with E-state index in [2.05, 4.69) is 10.3 Å². The van der Waals surface area contributed by atoms with Crippen molar-refractivity contribution >= 4 is 5.95 Å². The average Bonchev–Trinajstić information content (AvgIpc) is 3.11. The Balaban J connectivity index is 2.08. The molecule has 2 aromatic rings. The summed E-state index contributed by atoms with van der Waals surface area (Å²) in [6.45, 7) is 1.77. The number of nitrogens with zero attached hydrogens (tertiary/aromatic N) is 2. The minimum atomic E-state index is -4.38. The van der Waals surface area contributed by atoms with Gasteiger partial charge in [0, 0.05) is 12.2 Å². The zero-order valence-electron chi connectivity index (χ0n) is 10.9. The summed E-state index contributed by atoms with van der Waals surface area (Å²) in [5.41, 5.74) is 0.130. The summed E-state index contributed by atoms with van der Waals surface area (Å²) in [4.78, 5) is 4.27. The third-order valence-electron chi connectivity index (χ3n) is 3.21. The highest BCUT2D eigenvalue weighted by Crippen LogP contribution is 2.35. The average molecular weight is 281 g/mol. The predicted molar refractivity (Wildman–Crippen MR) is 69.9 cm³/mol. The molecule has 6 heteroatoms. The number of hydrogen-bond acceptors (Lipinski definition) is 2. The Bertz CT molecular complexity index is 627. The van der Waals surface area contributed by atoms with Crippen molar-refractivity contribution in [3.05, 3.63) is 41.7 Å². The molecule has 1 aromatic carbocycles. The van der Waals surface area contributed by atoms with E-state index in [-0.39, 0.29) is 5.69 Å². The maximum Gasteiger partial charge on any atom is 0.418 e. The molecule has 20 heavy (non-hydrogen) atoms. The van der Waals surface area contributed by atoms with Crippen molar-refractivity contribution in [3.63, 3.8) is 0 Å². The van der Waals surface area contributed by atoms with Crippen LogP contribution in [0.3, 0.4) is 0 Å². The van der Waals surface area contributed by atoms with Gasteiger partial charge in [0.15, 0.2) is 0 Å². The Hall–Kier alpha value is -1.98. The van der Waals surface area contributed by atoms with Crippen molar-refractivity contribution < 1.29 is 13.2 Å². The maximum absolute atomic E-state index is 13.1. The van der Waals surface area contributed by atoms with Crippen LogP contribution in [-0.4, -0.2) is 15.6 Å². The van der Waals surface area contributed by atoms with Gasteiger partial charge >= 0.3 is 6.18 Å². The highest BCUT2D eigenvalue weighted by molar-refractivity contribution is 5.50. The molecular weight excluding hydrogens is 267 g/mol. The van der Waals surface area contributed by atoms with E-state index in [1.807, 2.05) is 0 Å². The maximum atomic E-state index is 13.1. The number of nitrogens with one attached hydrogen (secondary N) is 1. The molecule has 0 unspecified atom stereocenters. The molecule has 0 bridgehead atoms. The zero-order chi connectivity index (χ0) is 14.3. The van der Waals surface area contributed by atoms with Crippen LogP contribution in [0.25, 0.3) is 5.69 Å². The predicted octanol–water partition coefficient (Wildman–Crippen LogP) is 3.77. The minimum absolute atomic E-state index is 0.101. The normalized spacial score (nSPS) is 15.4. The van der Waals surface area contributed by atoms with Crippen molar-refractivity contribution in [2.75, 3.05) is 5.32 Å². The van der Waals surface area contributed by atoms with E-state index in [0.29, 0.717) is 17.7 Å². The molecule has 1 fully saturated rings. The summed E-state index contributed by atoms with van der Waals surface area (Å²) in [6.07, 6.45) is -0.694. The van der Waals surface area contributed by atoms with Gasteiger partial charge in [-0.25, -0.2) is 4.98 Å². The number of alkyl halides is 3. The van der Waals surface area contributed by atoms with Gasteiger partial charge in [-0.1, -0.05) is 12.1 Å². The van der Waals surface area contributed by atoms with Gasteiger partial charge in [0.1, 0.15) is 0 Å². The highest BCUT2D eigenvalue weighted by atomic mass is 19.4. The topological polar surface area (TPSA) is 29.9 Å². The SMILES string of the molecule is Cc1cn(-c2ccccc2C(F)(F)F)c(NC2CC2)n1. The number of aromatic nitrogens is 2. The van der Waals surface area contributed by atoms with Crippen LogP contribution in [0.1, 0.15) is 24.1 Å². The molecule has 0 radical (unpaired) electrons. The Kier molecular flexibility index (Phi) is 2.96. The van der Waals surface area contributed by atoms with Crippen LogP contribution in [-0.2, 0) is 6.18 Å². The third-order valence-corrected chi connectivity index (χ3v) is 3.21. The van der Waals surface area contributed by atoms with E-state index >= 15 is 0 Å². The molecule has 0 amide bonds. The quantitative estimate of drug-likeness (QED) is 0.928. The molecular formula is C14H14F3N3. The van der Waals surface area contributed by atoms with Gasteiger partial charge in [0.2, 0.25) is 5.95 Å². The van der Waals surface area contributed by atoms with Crippen LogP contribution in [0.15, 0.2) is 30.5 Å². The van der Waals surface area contributed by atoms with E-state index in [1.54, 1.807) is 19.2 Å². The van der Waals surface area contributed by atoms with Gasteiger partial charge in [-0.15, -0.1) is 0 Å². The largest absolute Gasteiger partial charge is 0.418 e. The van der Waals surface area contributed by atoms with Gasteiger partial charge in [-0.2, -0.15) is 13.2 Å². The molecule has 3 rings (SSSR count). The summed E-state index contributed by atoms with van der Waals surface area (Å²) >= 11 is 0. The van der Waals surface area contributed by atoms with E-state index in [0.717, 1.165) is 18.9 Å². The molecule has 0 spiro atoms. The number of halogens is 3. The Morgan fingerprint density at radius 2 is 1.95 bits per heavy atom. The van der Waals surface area contributed by atoms with Gasteiger partial charge < -0.3 is 5.32 Å². The monoisotopic (exact) mass is 281 g/mol. The second-order valence-electron chi connectivity index (χ2n) is 5.01. The molecule has 1 aliphatic rings. The fourth-order valence-corrected chi connectivity index (χ4v) is 2.12. The van der Waals surface area contributed by atoms with Crippen molar-refractivity contribution in [3.8, 4) is 5.69 Å². The Morgan fingerprint density at radius 3 is 2.60 bits per heavy atom. The Labute approximate surface area is 114 Å². The molecule has 1 heterocycles. The van der Waals surface area contributed by atoms with Crippen LogP contribution in [0.4, 0.5) is 19.1 Å². The Morgan fingerprint density at radius 1 is 1.25 bits per heavy atom. The van der Waals surface area contributed by atoms with Gasteiger partial charge in [-0.3, -0.25) is 4.57 Å². The summed E-state index contributed by atoms with van der Waals surface area (Å²) in [6, 6.07) is 5.87. The van der Waals surface area contributed by atoms with Crippen LogP contribution in [0.5, 0.6) is 0 Å². The summed E-state index contributed by atoms with van der Waals surface area (Å²) < 4.78 is 40.8. The summed E-state index contributed by atoms with van der Waals surface area (Å²) in [5.74, 6) is 0.474. The van der Waals surface area contributed by atoms with E-state index < -0.39 is 11.7 Å². The molecule has 1 N–H and O–H groups in total. The highest BCUT2D eigenvalue weighted by Gasteiger charge is 2.34. The van der Waals surface area contributed by atoms with Crippen molar-refractivity contribution in [1.82, 2.24) is 9.55 Å². The molecule has 106 valence electrons. The molecule has 0 atom stereocenters. The van der Waals surface area contributed by atoms with Crippen LogP contribution >= 0.6 is 0 Å². The minimum Gasteiger partial charge on any atom is -0.353 e. The number of anilines is 1. The standard InChI is InChI=1S/C14H14F3N3/c1-9-8-20(13(18-9)19-10-6-7-10)12-5-3-2-4-11(12)14(15,16)17/h2-5,8,10H,6-7H2,1H3,(H,18,19). The van der Waals surface area contributed by atoms with Crippen molar-refractivity contribution in [2.24, 2.45) is 0 Å². The number of rotatable bonds is 3. The smallest absolute Gasteiger partial charge is 0.353 e. The zero-order valence-corrected chi connectivity index (χ0v) is 10.9. The fraction of sp³-hybridized carbons (Fsp3) is 0.357. The first-order valence-electron chi connectivity index (χ1n) is 6.44. The lowest BCUT2D eigenvalue weighted by Gasteiger charge is -2.15. The molecule has 1 saturated carbocycles. The van der Waals surface area contributed by atoms with Gasteiger partial charge in [0.05, 0.1) is 16.9 Å². The number of hydrogen-bond donors (Lipinski definition) is 1. The first-order chi connectivity index (χ1) is 9.45. The van der Waals surface area contributed by atoms with Crippen LogP contribution in [0, 0.1) is 6.92 Å². The molecule has 1 aromatic heterocycles. The summed E-state index contributed by atoms with van der Waals surface area (Å²) in [7, 11) is 0. The van der Waals surface area contributed by atoms with Crippen LogP contribution in [0.2, 0.25) is 0 Å². The second-order valence-corrected chi connectivity index (χ2v) is 5.01. The van der Waals surface area contributed by atoms with Gasteiger partial charge in [0.25, 0.3) is 0 Å². The van der Waals surface area contributed by atoms with Crippen molar-refractivity contribution in [1.29, 1.82) is 0 Å². The lowest BCUT2D eigenvalue weighted by Crippen LogP contribution is -2.13. The molecule has 0 aliphatic heterocycles. The van der Waals surface area contributed by atoms with Crippen LogP contribution < -0.4 is 5.32 Å². The first-order valence-corrected chi connectivity index (χ1v) is 6.44.